The smallest absolute Gasteiger partial charge is 0.138 e. The Kier molecular flexibility index (Phi) is 7.82. The predicted molar refractivity (Wildman–Crippen MR) is 250 cm³/mol. The number of hydrogen-bond acceptors (Lipinski definition) is 2. The monoisotopic (exact) mass is 764 g/mol. The third-order valence-corrected chi connectivity index (χ3v) is 11.9. The lowest BCUT2D eigenvalue weighted by Gasteiger charge is -2.16. The summed E-state index contributed by atoms with van der Waals surface area (Å²) in [5.41, 5.74) is 15.2. The molecule has 280 valence electrons. The molecular formula is C56H36N4. The molecule has 0 amide bonds. The minimum Gasteiger partial charge on any atom is -0.309 e. The third-order valence-electron chi connectivity index (χ3n) is 11.9. The summed E-state index contributed by atoms with van der Waals surface area (Å²) in [6.07, 6.45) is 0. The molecule has 0 aliphatic heterocycles. The predicted octanol–water partition coefficient (Wildman–Crippen LogP) is 14.5. The molecule has 60 heavy (non-hydrogen) atoms. The van der Waals surface area contributed by atoms with Gasteiger partial charge in [0, 0.05) is 43.7 Å². The highest BCUT2D eigenvalue weighted by atomic mass is 15.1. The molecule has 0 radical (unpaired) electrons. The molecule has 12 aromatic rings. The fourth-order valence-electron chi connectivity index (χ4n) is 9.12. The minimum absolute atomic E-state index is 0.887. The van der Waals surface area contributed by atoms with Gasteiger partial charge in [-0.3, -0.25) is 4.57 Å². The Morgan fingerprint density at radius 2 is 0.733 bits per heavy atom. The van der Waals surface area contributed by atoms with E-state index in [9.17, 15) is 0 Å². The maximum absolute atomic E-state index is 5.44. The maximum Gasteiger partial charge on any atom is 0.138 e. The number of para-hydroxylation sites is 4. The Morgan fingerprint density at radius 3 is 1.25 bits per heavy atom. The summed E-state index contributed by atoms with van der Waals surface area (Å²) in [7, 11) is 0. The van der Waals surface area contributed by atoms with E-state index in [-0.39, 0.29) is 0 Å². The zero-order valence-electron chi connectivity index (χ0n) is 32.6. The second-order valence-corrected chi connectivity index (χ2v) is 15.4. The van der Waals surface area contributed by atoms with Gasteiger partial charge in [-0.25, -0.2) is 9.97 Å². The average molecular weight is 765 g/mol. The van der Waals surface area contributed by atoms with E-state index in [1.807, 2.05) is 12.1 Å². The van der Waals surface area contributed by atoms with E-state index in [1.54, 1.807) is 0 Å². The van der Waals surface area contributed by atoms with Crippen LogP contribution in [0.1, 0.15) is 0 Å². The van der Waals surface area contributed by atoms with Crippen molar-refractivity contribution in [1.29, 1.82) is 0 Å². The second-order valence-electron chi connectivity index (χ2n) is 15.4. The Morgan fingerprint density at radius 1 is 0.283 bits per heavy atom. The number of pyridine rings is 2. The molecule has 0 saturated heterocycles. The van der Waals surface area contributed by atoms with Crippen LogP contribution in [0.15, 0.2) is 218 Å². The molecule has 4 aromatic heterocycles. The van der Waals surface area contributed by atoms with E-state index in [2.05, 4.69) is 215 Å². The highest BCUT2D eigenvalue weighted by Gasteiger charge is 2.18. The summed E-state index contributed by atoms with van der Waals surface area (Å²) in [5, 5.41) is 6.00. The molecule has 0 bridgehead atoms. The van der Waals surface area contributed by atoms with Crippen LogP contribution in [-0.2, 0) is 0 Å². The van der Waals surface area contributed by atoms with Crippen molar-refractivity contribution in [2.75, 3.05) is 0 Å². The van der Waals surface area contributed by atoms with Crippen LogP contribution in [-0.4, -0.2) is 19.1 Å². The first-order valence-corrected chi connectivity index (χ1v) is 20.4. The molecular weight excluding hydrogens is 729 g/mol. The van der Waals surface area contributed by atoms with Gasteiger partial charge < -0.3 is 4.57 Å². The number of rotatable bonds is 6. The summed E-state index contributed by atoms with van der Waals surface area (Å²) >= 11 is 0. The molecule has 0 fully saturated rings. The first-order chi connectivity index (χ1) is 29.7. The number of nitrogens with zero attached hydrogens (tertiary/aromatic N) is 4. The molecule has 0 spiro atoms. The fourth-order valence-corrected chi connectivity index (χ4v) is 9.12. The van der Waals surface area contributed by atoms with Crippen LogP contribution in [0.2, 0.25) is 0 Å². The minimum atomic E-state index is 0.887. The highest BCUT2D eigenvalue weighted by molar-refractivity contribution is 6.11. The molecule has 12 rings (SSSR count). The number of benzene rings is 8. The molecule has 8 aromatic carbocycles. The zero-order chi connectivity index (χ0) is 39.6. The molecule has 4 nitrogen and oxygen atoms in total. The van der Waals surface area contributed by atoms with E-state index in [0.29, 0.717) is 0 Å². The lowest BCUT2D eigenvalue weighted by Crippen LogP contribution is -2.00. The summed E-state index contributed by atoms with van der Waals surface area (Å²) in [6.45, 7) is 0. The van der Waals surface area contributed by atoms with Gasteiger partial charge in [0.25, 0.3) is 0 Å². The van der Waals surface area contributed by atoms with Crippen LogP contribution in [0, 0.1) is 0 Å². The van der Waals surface area contributed by atoms with Crippen LogP contribution >= 0.6 is 0 Å². The molecule has 0 unspecified atom stereocenters. The van der Waals surface area contributed by atoms with Crippen LogP contribution in [0.4, 0.5) is 0 Å². The Bertz CT molecular complexity index is 3420. The van der Waals surface area contributed by atoms with E-state index >= 15 is 0 Å². The van der Waals surface area contributed by atoms with E-state index in [4.69, 9.17) is 9.97 Å². The van der Waals surface area contributed by atoms with Crippen LogP contribution in [0.25, 0.3) is 111 Å². The SMILES string of the molecule is c1ccc(-c2cc(-c3ccc(-c4cc(-n5c6ccccc6c6ccccc65)nc5ccc(-n6c7ccccc7c7ccccc76)cc45)cc3)cc(-c3ccccc3)n2)cc1. The largest absolute Gasteiger partial charge is 0.309 e. The van der Waals surface area contributed by atoms with Crippen molar-refractivity contribution in [1.82, 2.24) is 19.1 Å². The van der Waals surface area contributed by atoms with Gasteiger partial charge in [-0.2, -0.15) is 0 Å². The topological polar surface area (TPSA) is 35.6 Å². The number of aromatic nitrogens is 4. The van der Waals surface area contributed by atoms with E-state index in [0.717, 1.165) is 78.2 Å². The average Bonchev–Trinajstić information content (AvgIpc) is 3.85. The third kappa shape index (κ3) is 5.53. The lowest BCUT2D eigenvalue weighted by atomic mass is 9.96. The molecule has 4 heterocycles. The Hall–Kier alpha value is -8.08. The van der Waals surface area contributed by atoms with Crippen molar-refractivity contribution in [3.63, 3.8) is 0 Å². The van der Waals surface area contributed by atoms with Crippen LogP contribution in [0.5, 0.6) is 0 Å². The molecule has 0 aliphatic rings. The standard InChI is InChI=1S/C56H36N4/c1-3-15-39(16-4-1)50-33-41(34-51(57-50)40-17-5-2-6-18-40)37-27-29-38(30-28-37)47-36-56(60-54-25-13-9-21-45(54)46-22-10-14-26-55(46)60)58-49-32-31-42(35-48(47)49)59-52-23-11-7-19-43(52)44-20-8-12-24-53(44)59/h1-36H. The summed E-state index contributed by atoms with van der Waals surface area (Å²) in [6, 6.07) is 77.9. The molecule has 0 atom stereocenters. The van der Waals surface area contributed by atoms with Gasteiger partial charge in [0.2, 0.25) is 0 Å². The van der Waals surface area contributed by atoms with Gasteiger partial charge in [0.05, 0.1) is 39.0 Å². The summed E-state index contributed by atoms with van der Waals surface area (Å²) in [5.74, 6) is 0.887. The normalized spacial score (nSPS) is 11.7. The second kappa shape index (κ2) is 13.8. The first-order valence-electron chi connectivity index (χ1n) is 20.4. The van der Waals surface area contributed by atoms with Crippen molar-refractivity contribution in [2.24, 2.45) is 0 Å². The van der Waals surface area contributed by atoms with Gasteiger partial charge in [-0.15, -0.1) is 0 Å². The molecule has 0 N–H and O–H groups in total. The van der Waals surface area contributed by atoms with Crippen molar-refractivity contribution in [2.45, 2.75) is 0 Å². The Labute approximate surface area is 346 Å². The van der Waals surface area contributed by atoms with Crippen molar-refractivity contribution < 1.29 is 0 Å². The van der Waals surface area contributed by atoms with Gasteiger partial charge in [0.1, 0.15) is 5.82 Å². The quantitative estimate of drug-likeness (QED) is 0.169. The molecule has 4 heteroatoms. The lowest BCUT2D eigenvalue weighted by molar-refractivity contribution is 1.10. The van der Waals surface area contributed by atoms with Gasteiger partial charge in [-0.05, 0) is 82.9 Å². The first kappa shape index (κ1) is 34.0. The highest BCUT2D eigenvalue weighted by Crippen LogP contribution is 2.39. The molecule has 0 aliphatic carbocycles. The van der Waals surface area contributed by atoms with Crippen molar-refractivity contribution >= 4 is 54.5 Å². The zero-order valence-corrected chi connectivity index (χ0v) is 32.6. The van der Waals surface area contributed by atoms with Crippen molar-refractivity contribution in [3.8, 4) is 56.3 Å². The van der Waals surface area contributed by atoms with Gasteiger partial charge in [-0.1, -0.05) is 158 Å². The van der Waals surface area contributed by atoms with E-state index in [1.165, 1.54) is 32.6 Å². The van der Waals surface area contributed by atoms with E-state index < -0.39 is 0 Å². The van der Waals surface area contributed by atoms with Gasteiger partial charge in [0.15, 0.2) is 0 Å². The van der Waals surface area contributed by atoms with Crippen LogP contribution in [0.3, 0.4) is 0 Å². The molecule has 0 saturated carbocycles. The maximum atomic E-state index is 5.44. The number of fused-ring (bicyclic) bond motifs is 7. The fraction of sp³-hybridized carbons (Fsp3) is 0. The Balaban J connectivity index is 1.07. The summed E-state index contributed by atoms with van der Waals surface area (Å²) in [4.78, 5) is 10.6. The van der Waals surface area contributed by atoms with Gasteiger partial charge >= 0.3 is 0 Å². The van der Waals surface area contributed by atoms with Crippen LogP contribution < -0.4 is 0 Å². The number of hydrogen-bond donors (Lipinski definition) is 0. The van der Waals surface area contributed by atoms with Crippen molar-refractivity contribution in [3.05, 3.63) is 218 Å². The summed E-state index contributed by atoms with van der Waals surface area (Å²) < 4.78 is 4.70.